The molecule has 0 aliphatic carbocycles. The number of nitrogens with zero attached hydrogens (tertiary/aromatic N) is 4. The van der Waals surface area contributed by atoms with E-state index >= 15 is 0 Å². The lowest BCUT2D eigenvalue weighted by molar-refractivity contribution is -0.146. The van der Waals surface area contributed by atoms with Crippen molar-refractivity contribution in [2.45, 2.75) is 158 Å². The number of carbonyl (C=O) groups excluding carboxylic acids is 4. The van der Waals surface area contributed by atoms with E-state index in [0.717, 1.165) is 34.7 Å². The molecule has 378 valence electrons. The van der Waals surface area contributed by atoms with Gasteiger partial charge in [-0.05, 0) is 61.4 Å². The Hall–Kier alpha value is -4.37. The second-order valence-electron chi connectivity index (χ2n) is 17.2. The van der Waals surface area contributed by atoms with Gasteiger partial charge in [0, 0.05) is 58.7 Å². The van der Waals surface area contributed by atoms with E-state index in [1.807, 2.05) is 146 Å². The third-order valence-corrected chi connectivity index (χ3v) is 13.0. The standard InChI is InChI=1S/C46H69N7O6S.C3H8.2C2H6/c1-11-31(4)42(52(8)40(55)28-49-45(57)41(30(2)3)51(7)29-34-19-21-35(47-6)22-20-34)38(58-9)27-39(54)53-24-15-18-37(53)43(59-10)32(5)44(56)50-36(46-48-23-25-60-46)26-33-16-13-12-14-17-33;1-3-2;2*1-2/h12-14,16-17,19-23,25,30-32,36-38,41-43,47H,11,15,18,24,26-29H2,1-10H3,(H,49,57)(H,50,56);3H2,1-2H3;2*1-2H3. The van der Waals surface area contributed by atoms with E-state index in [9.17, 15) is 19.2 Å². The van der Waals surface area contributed by atoms with E-state index in [-0.39, 0.29) is 60.5 Å². The van der Waals surface area contributed by atoms with E-state index in [4.69, 9.17) is 9.47 Å². The molecule has 0 saturated carbocycles. The first-order valence-electron chi connectivity index (χ1n) is 24.7. The lowest BCUT2D eigenvalue weighted by Crippen LogP contribution is -2.55. The summed E-state index contributed by atoms with van der Waals surface area (Å²) < 4.78 is 12.1. The first-order valence-corrected chi connectivity index (χ1v) is 25.6. The van der Waals surface area contributed by atoms with Gasteiger partial charge in [0.2, 0.25) is 23.6 Å². The molecule has 2 aromatic carbocycles. The van der Waals surface area contributed by atoms with Crippen LogP contribution in [0.15, 0.2) is 66.2 Å². The molecule has 1 aliphatic rings. The van der Waals surface area contributed by atoms with Gasteiger partial charge in [-0.3, -0.25) is 24.1 Å². The zero-order chi connectivity index (χ0) is 50.6. The van der Waals surface area contributed by atoms with Crippen molar-refractivity contribution in [3.05, 3.63) is 82.3 Å². The van der Waals surface area contributed by atoms with Crippen molar-refractivity contribution >= 4 is 40.7 Å². The predicted octanol–water partition coefficient (Wildman–Crippen LogP) is 9.25. The van der Waals surface area contributed by atoms with E-state index in [2.05, 4.69) is 34.8 Å². The Labute approximate surface area is 409 Å². The molecule has 1 fully saturated rings. The minimum atomic E-state index is -0.610. The third kappa shape index (κ3) is 18.9. The quantitative estimate of drug-likeness (QED) is 0.0847. The van der Waals surface area contributed by atoms with Crippen LogP contribution < -0.4 is 16.0 Å². The minimum absolute atomic E-state index is 0.000677. The Kier molecular flexibility index (Phi) is 30.0. The molecule has 1 saturated heterocycles. The maximum absolute atomic E-state index is 14.3. The fraction of sp³-hybridized carbons (Fsp3) is 0.642. The number of likely N-dealkylation sites (tertiary alicyclic amines) is 1. The van der Waals surface area contributed by atoms with Crippen LogP contribution in [-0.2, 0) is 41.6 Å². The minimum Gasteiger partial charge on any atom is -0.388 e. The lowest BCUT2D eigenvalue weighted by Gasteiger charge is -2.39. The van der Waals surface area contributed by atoms with Crippen molar-refractivity contribution in [3.63, 3.8) is 0 Å². The summed E-state index contributed by atoms with van der Waals surface area (Å²) in [4.78, 5) is 65.6. The Balaban J connectivity index is 0.00000304. The number of methoxy groups -OCH3 is 2. The van der Waals surface area contributed by atoms with E-state index in [1.165, 1.54) is 17.8 Å². The summed E-state index contributed by atoms with van der Waals surface area (Å²) in [5, 5.41) is 12.0. The first kappa shape index (κ1) is 60.6. The summed E-state index contributed by atoms with van der Waals surface area (Å²) in [5.41, 5.74) is 3.18. The van der Waals surface area contributed by atoms with Crippen molar-refractivity contribution in [1.82, 2.24) is 30.3 Å². The molecule has 0 radical (unpaired) electrons. The van der Waals surface area contributed by atoms with Crippen molar-refractivity contribution in [1.29, 1.82) is 0 Å². The van der Waals surface area contributed by atoms with E-state index < -0.39 is 30.2 Å². The molecule has 4 rings (SSSR count). The maximum atomic E-state index is 14.3. The van der Waals surface area contributed by atoms with Gasteiger partial charge in [-0.1, -0.05) is 131 Å². The molecule has 1 aromatic heterocycles. The van der Waals surface area contributed by atoms with Gasteiger partial charge in [0.25, 0.3) is 0 Å². The SMILES string of the molecule is CC.CC.CCC.CCC(C)C(C(CC(=O)N1CCCC1C(OC)C(C)C(=O)NC(Cc1ccccc1)c1nccs1)OC)N(C)C(=O)CNC(=O)C(C(C)C)N(C)Cc1ccc(NC)cc1. The van der Waals surface area contributed by atoms with E-state index in [1.54, 1.807) is 32.4 Å². The highest BCUT2D eigenvalue weighted by molar-refractivity contribution is 7.09. The number of benzene rings is 2. The number of hydrogen-bond acceptors (Lipinski definition) is 10. The molecule has 0 spiro atoms. The van der Waals surface area contributed by atoms with Gasteiger partial charge in [-0.25, -0.2) is 4.98 Å². The van der Waals surface area contributed by atoms with Crippen LogP contribution in [0.2, 0.25) is 0 Å². The molecule has 3 aromatic rings. The first-order chi connectivity index (χ1) is 32.1. The van der Waals surface area contributed by atoms with Gasteiger partial charge < -0.3 is 35.2 Å². The van der Waals surface area contributed by atoms with Gasteiger partial charge in [-0.15, -0.1) is 11.3 Å². The molecule has 2 heterocycles. The average molecular weight is 952 g/mol. The number of nitrogens with one attached hydrogen (secondary N) is 3. The number of ether oxygens (including phenoxy) is 2. The number of aromatic nitrogens is 1. The number of hydrogen-bond donors (Lipinski definition) is 3. The molecule has 13 nitrogen and oxygen atoms in total. The summed E-state index contributed by atoms with van der Waals surface area (Å²) in [5.74, 6) is -1.33. The molecular weight excluding hydrogens is 863 g/mol. The largest absolute Gasteiger partial charge is 0.388 e. The van der Waals surface area contributed by atoms with Gasteiger partial charge in [-0.2, -0.15) is 0 Å². The van der Waals surface area contributed by atoms with Crippen molar-refractivity contribution in [2.75, 3.05) is 53.8 Å². The highest BCUT2D eigenvalue weighted by Crippen LogP contribution is 2.30. The molecule has 3 N–H and O–H groups in total. The number of amides is 4. The normalized spacial score (nSPS) is 16.3. The fourth-order valence-corrected chi connectivity index (χ4v) is 9.34. The molecular formula is C53H89N7O6S. The van der Waals surface area contributed by atoms with Crippen LogP contribution >= 0.6 is 11.3 Å². The van der Waals surface area contributed by atoms with Gasteiger partial charge in [0.05, 0.1) is 55.3 Å². The van der Waals surface area contributed by atoms with Crippen LogP contribution in [0.4, 0.5) is 5.69 Å². The van der Waals surface area contributed by atoms with E-state index in [0.29, 0.717) is 25.9 Å². The van der Waals surface area contributed by atoms with Crippen molar-refractivity contribution in [2.24, 2.45) is 17.8 Å². The fourth-order valence-electron chi connectivity index (χ4n) is 8.65. The zero-order valence-corrected chi connectivity index (χ0v) is 44.9. The van der Waals surface area contributed by atoms with Crippen LogP contribution in [0.1, 0.15) is 130 Å². The van der Waals surface area contributed by atoms with Gasteiger partial charge in [0.15, 0.2) is 0 Å². The van der Waals surface area contributed by atoms with Crippen LogP contribution in [0.25, 0.3) is 0 Å². The monoisotopic (exact) mass is 952 g/mol. The molecule has 14 heteroatoms. The molecule has 67 heavy (non-hydrogen) atoms. The van der Waals surface area contributed by atoms with Gasteiger partial charge in [0.1, 0.15) is 5.01 Å². The van der Waals surface area contributed by atoms with Crippen molar-refractivity contribution < 1.29 is 28.7 Å². The average Bonchev–Trinajstić information content (AvgIpc) is 4.06. The number of anilines is 1. The van der Waals surface area contributed by atoms with Crippen LogP contribution in [-0.4, -0.2) is 122 Å². The highest BCUT2D eigenvalue weighted by Gasteiger charge is 2.42. The maximum Gasteiger partial charge on any atom is 0.242 e. The summed E-state index contributed by atoms with van der Waals surface area (Å²) in [6.07, 6.45) is 4.70. The summed E-state index contributed by atoms with van der Waals surface area (Å²) in [6, 6.07) is 16.6. The predicted molar refractivity (Wildman–Crippen MR) is 277 cm³/mol. The smallest absolute Gasteiger partial charge is 0.242 e. The lowest BCUT2D eigenvalue weighted by atomic mass is 9.90. The third-order valence-electron chi connectivity index (χ3n) is 12.1. The number of thiazole rings is 1. The Morgan fingerprint density at radius 3 is 2.03 bits per heavy atom. The summed E-state index contributed by atoms with van der Waals surface area (Å²) in [6.45, 7) is 23.1. The number of rotatable bonds is 23. The van der Waals surface area contributed by atoms with Crippen LogP contribution in [0, 0.1) is 17.8 Å². The topological polar surface area (TPSA) is 145 Å². The highest BCUT2D eigenvalue weighted by atomic mass is 32.1. The Morgan fingerprint density at radius 2 is 1.51 bits per heavy atom. The number of likely N-dealkylation sites (N-methyl/N-ethyl adjacent to an activating group) is 2. The van der Waals surface area contributed by atoms with Gasteiger partial charge >= 0.3 is 0 Å². The van der Waals surface area contributed by atoms with Crippen LogP contribution in [0.5, 0.6) is 0 Å². The number of carbonyl (C=O) groups is 4. The Bertz CT molecular complexity index is 1800. The summed E-state index contributed by atoms with van der Waals surface area (Å²) >= 11 is 1.50. The molecule has 4 amide bonds. The molecule has 8 atom stereocenters. The summed E-state index contributed by atoms with van der Waals surface area (Å²) in [7, 11) is 8.69. The molecule has 0 bridgehead atoms. The van der Waals surface area contributed by atoms with Crippen molar-refractivity contribution in [3.8, 4) is 0 Å². The Morgan fingerprint density at radius 1 is 0.881 bits per heavy atom. The van der Waals surface area contributed by atoms with Crippen LogP contribution in [0.3, 0.4) is 0 Å². The molecule has 8 unspecified atom stereocenters. The second-order valence-corrected chi connectivity index (χ2v) is 18.2. The zero-order valence-electron chi connectivity index (χ0n) is 44.1. The molecule has 1 aliphatic heterocycles. The second kappa shape index (κ2) is 33.2.